The molecule has 112 valence electrons. The molecule has 0 saturated carbocycles. The van der Waals surface area contributed by atoms with Gasteiger partial charge < -0.3 is 0 Å². The van der Waals surface area contributed by atoms with E-state index in [0.717, 1.165) is 44.4 Å². The van der Waals surface area contributed by atoms with Gasteiger partial charge in [0.1, 0.15) is 0 Å². The first-order valence-corrected chi connectivity index (χ1v) is 7.87. The van der Waals surface area contributed by atoms with Gasteiger partial charge in [0.25, 0.3) is 0 Å². The van der Waals surface area contributed by atoms with Crippen molar-refractivity contribution in [2.24, 2.45) is 4.99 Å². The van der Waals surface area contributed by atoms with Crippen molar-refractivity contribution in [2.45, 2.75) is 0 Å². The van der Waals surface area contributed by atoms with Gasteiger partial charge in [-0.2, -0.15) is 0 Å². The minimum atomic E-state index is 0.751. The summed E-state index contributed by atoms with van der Waals surface area (Å²) in [5.74, 6) is 0.751. The highest BCUT2D eigenvalue weighted by Crippen LogP contribution is 2.23. The Morgan fingerprint density at radius 3 is 2.25 bits per heavy atom. The Balaban J connectivity index is 1.96. The first kappa shape index (κ1) is 13.1. The molecule has 2 aromatic carbocycles. The topological polar surface area (TPSA) is 38.1 Å². The average Bonchev–Trinajstić information content (AvgIpc) is 3.24. The number of hydrogen-bond donors (Lipinski definition) is 0. The summed E-state index contributed by atoms with van der Waals surface area (Å²) in [4.78, 5) is 13.8. The monoisotopic (exact) mass is 307 g/mol. The number of nitrogens with zero attached hydrogens (tertiary/aromatic N) is 3. The van der Waals surface area contributed by atoms with Gasteiger partial charge in [-0.3, -0.25) is 0 Å². The van der Waals surface area contributed by atoms with Crippen LogP contribution >= 0.6 is 0 Å². The minimum Gasteiger partial charge on any atom is -0.248 e. The van der Waals surface area contributed by atoms with Crippen LogP contribution in [-0.4, -0.2) is 16.2 Å². The minimum absolute atomic E-state index is 0.751. The second-order valence-electron chi connectivity index (χ2n) is 5.91. The van der Waals surface area contributed by atoms with Gasteiger partial charge in [-0.1, -0.05) is 36.4 Å². The van der Waals surface area contributed by atoms with Crippen molar-refractivity contribution in [2.75, 3.05) is 0 Å². The van der Waals surface area contributed by atoms with Crippen molar-refractivity contribution >= 4 is 45.7 Å². The van der Waals surface area contributed by atoms with Crippen molar-refractivity contribution in [3.8, 4) is 0 Å². The number of aliphatic imine (C=N–C) groups is 1. The van der Waals surface area contributed by atoms with E-state index in [4.69, 9.17) is 4.98 Å². The van der Waals surface area contributed by atoms with Crippen LogP contribution in [-0.2, 0) is 0 Å². The van der Waals surface area contributed by atoms with E-state index >= 15 is 0 Å². The SMILES string of the molecule is C1=Cc2nc1cc1cccc(c1)c1nc(cc3cccc2c3)C=N1. The Hall–Kier alpha value is -3.33. The third kappa shape index (κ3) is 2.27. The maximum Gasteiger partial charge on any atom is 0.159 e. The molecule has 0 N–H and O–H groups in total. The lowest BCUT2D eigenvalue weighted by molar-refractivity contribution is 1.34. The number of fused-ring (bicyclic) bond motifs is 10. The van der Waals surface area contributed by atoms with Gasteiger partial charge in [-0.05, 0) is 47.2 Å². The highest BCUT2D eigenvalue weighted by atomic mass is 15.0. The molecule has 0 amide bonds. The van der Waals surface area contributed by atoms with Gasteiger partial charge in [-0.15, -0.1) is 0 Å². The van der Waals surface area contributed by atoms with Crippen molar-refractivity contribution in [3.05, 3.63) is 77.7 Å². The lowest BCUT2D eigenvalue weighted by Gasteiger charge is -1.94. The fourth-order valence-corrected chi connectivity index (χ4v) is 3.03. The first-order valence-electron chi connectivity index (χ1n) is 7.87. The summed E-state index contributed by atoms with van der Waals surface area (Å²) >= 11 is 0. The van der Waals surface area contributed by atoms with Gasteiger partial charge in [0.15, 0.2) is 5.82 Å². The van der Waals surface area contributed by atoms with E-state index in [1.165, 1.54) is 0 Å². The standard InChI is InChI=1S/C21H13N3/c1-3-14-9-16(5-1)20-8-7-18(23-20)11-15-4-2-6-17(10-15)21-22-13-19(12-14)24-21/h1-13H. The summed E-state index contributed by atoms with van der Waals surface area (Å²) in [5.41, 5.74) is 2.81. The molecule has 3 heterocycles. The van der Waals surface area contributed by atoms with E-state index in [1.807, 2.05) is 30.5 Å². The van der Waals surface area contributed by atoms with Crippen LogP contribution in [0.15, 0.2) is 65.7 Å². The van der Waals surface area contributed by atoms with E-state index in [9.17, 15) is 0 Å². The number of rotatable bonds is 0. The Kier molecular flexibility index (Phi) is 2.79. The van der Waals surface area contributed by atoms with E-state index < -0.39 is 0 Å². The summed E-state index contributed by atoms with van der Waals surface area (Å²) in [6, 6.07) is 20.7. The van der Waals surface area contributed by atoms with Crippen molar-refractivity contribution in [3.63, 3.8) is 0 Å². The first-order chi connectivity index (χ1) is 11.8. The number of benzene rings is 2. The predicted molar refractivity (Wildman–Crippen MR) is 99.7 cm³/mol. The molecule has 0 radical (unpaired) electrons. The van der Waals surface area contributed by atoms with Crippen LogP contribution in [0.5, 0.6) is 0 Å². The predicted octanol–water partition coefficient (Wildman–Crippen LogP) is 5.02. The molecule has 0 fully saturated rings. The Labute approximate surface area is 139 Å². The van der Waals surface area contributed by atoms with E-state index in [-0.39, 0.29) is 0 Å². The van der Waals surface area contributed by atoms with Crippen LogP contribution < -0.4 is 0 Å². The van der Waals surface area contributed by atoms with Crippen LogP contribution in [0.1, 0.15) is 17.1 Å². The van der Waals surface area contributed by atoms with Gasteiger partial charge in [0.05, 0.1) is 23.3 Å². The maximum atomic E-state index is 4.74. The zero-order valence-corrected chi connectivity index (χ0v) is 12.8. The summed E-state index contributed by atoms with van der Waals surface area (Å²) < 4.78 is 0. The summed E-state index contributed by atoms with van der Waals surface area (Å²) in [6.07, 6.45) is 5.93. The zero-order chi connectivity index (χ0) is 15.9. The normalized spacial score (nSPS) is 12.7. The smallest absolute Gasteiger partial charge is 0.159 e. The summed E-state index contributed by atoms with van der Waals surface area (Å²) in [7, 11) is 0. The molecule has 0 aliphatic carbocycles. The second-order valence-corrected chi connectivity index (χ2v) is 5.91. The van der Waals surface area contributed by atoms with E-state index in [2.05, 4.69) is 58.5 Å². The Morgan fingerprint density at radius 2 is 1.38 bits per heavy atom. The molecule has 0 atom stereocenters. The zero-order valence-electron chi connectivity index (χ0n) is 12.8. The van der Waals surface area contributed by atoms with E-state index in [0.29, 0.717) is 0 Å². The van der Waals surface area contributed by atoms with Crippen molar-refractivity contribution < 1.29 is 0 Å². The average molecular weight is 307 g/mol. The van der Waals surface area contributed by atoms with E-state index in [1.54, 1.807) is 0 Å². The Morgan fingerprint density at radius 1 is 0.625 bits per heavy atom. The molecule has 1 aromatic heterocycles. The van der Waals surface area contributed by atoms with Crippen LogP contribution in [0.4, 0.5) is 5.82 Å². The quantitative estimate of drug-likeness (QED) is 0.403. The van der Waals surface area contributed by atoms with Gasteiger partial charge in [0, 0.05) is 10.8 Å². The summed E-state index contributed by atoms with van der Waals surface area (Å²) in [6.45, 7) is 0. The van der Waals surface area contributed by atoms with Crippen LogP contribution in [0.25, 0.3) is 33.7 Å². The van der Waals surface area contributed by atoms with Crippen molar-refractivity contribution in [1.29, 1.82) is 0 Å². The third-order valence-corrected chi connectivity index (χ3v) is 4.17. The highest BCUT2D eigenvalue weighted by Gasteiger charge is 2.04. The van der Waals surface area contributed by atoms with Crippen molar-refractivity contribution in [1.82, 2.24) is 9.97 Å². The molecule has 24 heavy (non-hydrogen) atoms. The molecule has 2 aliphatic rings. The molecule has 2 aliphatic heterocycles. The molecule has 0 saturated heterocycles. The fourth-order valence-electron chi connectivity index (χ4n) is 3.03. The maximum absolute atomic E-state index is 4.74. The van der Waals surface area contributed by atoms with Crippen LogP contribution in [0, 0.1) is 0 Å². The molecular weight excluding hydrogens is 294 g/mol. The van der Waals surface area contributed by atoms with Gasteiger partial charge in [-0.25, -0.2) is 15.0 Å². The van der Waals surface area contributed by atoms with Gasteiger partial charge >= 0.3 is 0 Å². The molecule has 5 rings (SSSR count). The third-order valence-electron chi connectivity index (χ3n) is 4.17. The largest absolute Gasteiger partial charge is 0.248 e. The number of aromatic nitrogens is 2. The van der Waals surface area contributed by atoms with Crippen LogP contribution in [0.2, 0.25) is 0 Å². The summed E-state index contributed by atoms with van der Waals surface area (Å²) in [5, 5.41) is 4.31. The second kappa shape index (κ2) is 5.10. The van der Waals surface area contributed by atoms with Crippen LogP contribution in [0.3, 0.4) is 0 Å². The molecule has 3 heteroatoms. The fraction of sp³-hybridized carbons (Fsp3) is 0. The van der Waals surface area contributed by atoms with Gasteiger partial charge in [0.2, 0.25) is 0 Å². The lowest BCUT2D eigenvalue weighted by Crippen LogP contribution is -1.79. The number of hydrogen-bond acceptors (Lipinski definition) is 3. The molecule has 8 bridgehead atoms. The highest BCUT2D eigenvalue weighted by molar-refractivity contribution is 5.90. The lowest BCUT2D eigenvalue weighted by atomic mass is 10.1. The molecule has 0 unspecified atom stereocenters. The Bertz CT molecular complexity index is 1060. The molecule has 0 spiro atoms. The molecule has 3 nitrogen and oxygen atoms in total. The molecular formula is C21H13N3. The molecule has 3 aromatic rings.